The first-order valence-corrected chi connectivity index (χ1v) is 4.38. The van der Waals surface area contributed by atoms with Crippen LogP contribution in [-0.4, -0.2) is 0 Å². The third kappa shape index (κ3) is 1.08. The minimum Gasteiger partial charge on any atom is -0.120 e. The highest BCUT2D eigenvalue weighted by molar-refractivity contribution is 9.12. The van der Waals surface area contributed by atoms with Gasteiger partial charge in [-0.25, -0.2) is 0 Å². The molecule has 0 spiro atoms. The van der Waals surface area contributed by atoms with E-state index in [1.807, 2.05) is 0 Å². The molecule has 0 fully saturated rings. The second-order valence-corrected chi connectivity index (χ2v) is 5.56. The van der Waals surface area contributed by atoms with E-state index in [2.05, 4.69) is 27.5 Å². The highest BCUT2D eigenvalue weighted by Gasteiger charge is 1.76. The Morgan fingerprint density at radius 2 is 2.67 bits per heavy atom. The summed E-state index contributed by atoms with van der Waals surface area (Å²) in [6, 6.07) is 0. The largest absolute Gasteiger partial charge is 0.120 e. The van der Waals surface area contributed by atoms with Gasteiger partial charge in [0.25, 0.3) is 0 Å². The zero-order chi connectivity index (χ0) is 4.41. The third-order valence-corrected chi connectivity index (χ3v) is 3.92. The van der Waals surface area contributed by atoms with Crippen molar-refractivity contribution in [1.82, 2.24) is 0 Å². The summed E-state index contributed by atoms with van der Waals surface area (Å²) in [6.45, 7) is 0. The molecule has 1 aromatic heterocycles. The fourth-order valence-corrected chi connectivity index (χ4v) is 2.61. The van der Waals surface area contributed by atoms with E-state index in [0.717, 1.165) is 8.19 Å². The van der Waals surface area contributed by atoms with Crippen molar-refractivity contribution in [2.24, 2.45) is 0 Å². The molecule has 0 saturated carbocycles. The summed E-state index contributed by atoms with van der Waals surface area (Å²) in [6.07, 6.45) is 0. The topological polar surface area (TPSA) is 0 Å². The Bertz CT molecular complexity index is 112. The lowest BCUT2D eigenvalue weighted by atomic mass is 11.2. The van der Waals surface area contributed by atoms with Crippen LogP contribution in [0.25, 0.3) is 0 Å². The van der Waals surface area contributed by atoms with Gasteiger partial charge in [-0.05, 0) is 27.5 Å². The summed E-state index contributed by atoms with van der Waals surface area (Å²) in [7, 11) is 2.28. The highest BCUT2D eigenvalue weighted by Crippen LogP contribution is 2.31. The van der Waals surface area contributed by atoms with E-state index < -0.39 is 0 Å². The van der Waals surface area contributed by atoms with Crippen molar-refractivity contribution in [1.29, 1.82) is 0 Å². The van der Waals surface area contributed by atoms with Gasteiger partial charge in [-0.3, -0.25) is 0 Å². The minimum absolute atomic E-state index is 0.923. The van der Waals surface area contributed by atoms with Crippen LogP contribution in [0.4, 0.5) is 0 Å². The molecule has 0 bridgehead atoms. The zero-order valence-corrected chi connectivity index (χ0v) is 6.46. The molecule has 1 rings (SSSR count). The molecule has 32 valence electrons. The van der Waals surface area contributed by atoms with E-state index in [1.165, 1.54) is 12.1 Å². The van der Waals surface area contributed by atoms with Crippen LogP contribution in [0.2, 0.25) is 0 Å². The number of rotatable bonds is 0. The van der Waals surface area contributed by atoms with Crippen LogP contribution in [0.15, 0.2) is 15.5 Å². The van der Waals surface area contributed by atoms with E-state index in [1.54, 1.807) is 0 Å². The molecule has 0 nitrogen and oxygen atoms in total. The molecule has 0 N–H and O–H groups in total. The van der Waals surface area contributed by atoms with Crippen LogP contribution >= 0.6 is 32.3 Å². The predicted octanol–water partition coefficient (Wildman–Crippen LogP) is 3.06. The molecule has 1 atom stereocenters. The van der Waals surface area contributed by atoms with Gasteiger partial charge in [0.2, 0.25) is 0 Å². The zero-order valence-electron chi connectivity index (χ0n) is 2.98. The molecule has 0 radical (unpaired) electrons. The van der Waals surface area contributed by atoms with Crippen molar-refractivity contribution in [2.75, 3.05) is 0 Å². The lowest BCUT2D eigenvalue weighted by molar-refractivity contribution is 2.39. The second kappa shape index (κ2) is 2.12. The van der Waals surface area contributed by atoms with Crippen LogP contribution in [0.3, 0.4) is 0 Å². The Balaban J connectivity index is 3.05. The Labute approximate surface area is 48.3 Å². The van der Waals surface area contributed by atoms with Gasteiger partial charge in [-0.1, -0.05) is 8.19 Å². The number of hydrogen-bond acceptors (Lipinski definition) is 0. The Kier molecular flexibility index (Phi) is 1.71. The standard InChI is InChI=1S/C3H3BrP2/c4-3-5-1-2-6-3/h1-2,5H. The van der Waals surface area contributed by atoms with Crippen LogP contribution in [0.1, 0.15) is 0 Å². The average Bonchev–Trinajstić information content (AvgIpc) is 1.86. The van der Waals surface area contributed by atoms with Crippen molar-refractivity contribution >= 4 is 32.3 Å². The maximum Gasteiger partial charge on any atom is 0.0605 e. The maximum atomic E-state index is 3.39. The molecular weight excluding hydrogens is 178 g/mol. The van der Waals surface area contributed by atoms with Gasteiger partial charge in [-0.2, -0.15) is 0 Å². The average molecular weight is 181 g/mol. The molecule has 3 heteroatoms. The summed E-state index contributed by atoms with van der Waals surface area (Å²) >= 11 is 3.39. The highest BCUT2D eigenvalue weighted by atomic mass is 79.9. The smallest absolute Gasteiger partial charge is 0.0605 e. The van der Waals surface area contributed by atoms with Crippen LogP contribution < -0.4 is 0 Å². The normalized spacial score (nSPS) is 11.5. The summed E-state index contributed by atoms with van der Waals surface area (Å²) in [4.78, 5) is 0. The van der Waals surface area contributed by atoms with Gasteiger partial charge in [0, 0.05) is 0 Å². The van der Waals surface area contributed by atoms with Crippen LogP contribution in [0.5, 0.6) is 0 Å². The van der Waals surface area contributed by atoms with E-state index >= 15 is 0 Å². The minimum atomic E-state index is 0.923. The Morgan fingerprint density at radius 1 is 1.83 bits per heavy atom. The van der Waals surface area contributed by atoms with Crippen molar-refractivity contribution in [3.8, 4) is 0 Å². The lowest BCUT2D eigenvalue weighted by Gasteiger charge is -1.63. The summed E-state index contributed by atoms with van der Waals surface area (Å²) < 4.78 is 1.41. The molecule has 0 saturated heterocycles. The van der Waals surface area contributed by atoms with Crippen molar-refractivity contribution in [2.45, 2.75) is 0 Å². The van der Waals surface area contributed by atoms with Crippen LogP contribution in [0, 0.1) is 0 Å². The van der Waals surface area contributed by atoms with Gasteiger partial charge < -0.3 is 0 Å². The number of halogens is 1. The summed E-state index contributed by atoms with van der Waals surface area (Å²) in [5, 5.41) is 0. The second-order valence-electron chi connectivity index (χ2n) is 0.880. The van der Waals surface area contributed by atoms with Crippen molar-refractivity contribution in [3.63, 3.8) is 0 Å². The molecule has 0 amide bonds. The van der Waals surface area contributed by atoms with Gasteiger partial charge >= 0.3 is 0 Å². The molecule has 0 aromatic carbocycles. The first-order chi connectivity index (χ1) is 2.89. The van der Waals surface area contributed by atoms with Gasteiger partial charge in [0.1, 0.15) is 0 Å². The van der Waals surface area contributed by atoms with Crippen LogP contribution in [-0.2, 0) is 0 Å². The third-order valence-electron chi connectivity index (χ3n) is 0.465. The molecule has 6 heavy (non-hydrogen) atoms. The molecule has 1 unspecified atom stereocenters. The summed E-state index contributed by atoms with van der Waals surface area (Å²) in [5.41, 5.74) is 0. The van der Waals surface area contributed by atoms with Gasteiger partial charge in [-0.15, -0.1) is 8.19 Å². The van der Waals surface area contributed by atoms with E-state index in [4.69, 9.17) is 0 Å². The molecule has 0 aliphatic carbocycles. The Hall–Kier alpha value is 0.690. The first kappa shape index (κ1) is 4.84. The quantitative estimate of drug-likeness (QED) is 0.576. The SMILES string of the molecule is Brc1pcc[pH]1. The lowest BCUT2D eigenvalue weighted by Crippen LogP contribution is -1.12. The van der Waals surface area contributed by atoms with E-state index in [9.17, 15) is 0 Å². The van der Waals surface area contributed by atoms with Gasteiger partial charge in [0.05, 0.1) is 3.94 Å². The monoisotopic (exact) mass is 180 g/mol. The molecule has 1 aromatic rings. The molecule has 1 heterocycles. The van der Waals surface area contributed by atoms with E-state index in [-0.39, 0.29) is 0 Å². The predicted molar refractivity (Wildman–Crippen MR) is 36.2 cm³/mol. The van der Waals surface area contributed by atoms with E-state index in [0.29, 0.717) is 0 Å². The van der Waals surface area contributed by atoms with Gasteiger partial charge in [0.15, 0.2) is 0 Å². The Morgan fingerprint density at radius 3 is 2.83 bits per heavy atom. The fourth-order valence-electron chi connectivity index (χ4n) is 0.246. The number of hydrogen-bond donors (Lipinski definition) is 0. The molecule has 0 aliphatic heterocycles. The molecule has 0 aliphatic rings. The summed E-state index contributed by atoms with van der Waals surface area (Å²) in [5.74, 6) is 4.34. The maximum absolute atomic E-state index is 3.39. The fraction of sp³-hybridized carbons (Fsp3) is 0. The van der Waals surface area contributed by atoms with Crippen molar-refractivity contribution < 1.29 is 0 Å². The van der Waals surface area contributed by atoms with Crippen molar-refractivity contribution in [3.05, 3.63) is 15.5 Å². The first-order valence-electron chi connectivity index (χ1n) is 1.54. The molecular formula is C3H3BrP2.